The molecule has 2 heterocycles. The molecule has 0 fully saturated rings. The highest BCUT2D eigenvalue weighted by atomic mass is 16.3. The molecule has 0 saturated carbocycles. The van der Waals surface area contributed by atoms with Crippen molar-refractivity contribution in [3.63, 3.8) is 0 Å². The molecule has 5 nitrogen and oxygen atoms in total. The number of phenolic OH excluding ortho intramolecular Hbond substituents is 1. The Balaban J connectivity index is 2.18. The normalized spacial score (nSPS) is 10.8. The SMILES string of the molecule is Oc1cccc(-c2cnc3n[nH]nc3c2)c1. The summed E-state index contributed by atoms with van der Waals surface area (Å²) in [7, 11) is 0. The van der Waals surface area contributed by atoms with Crippen LogP contribution in [0.1, 0.15) is 0 Å². The smallest absolute Gasteiger partial charge is 0.201 e. The van der Waals surface area contributed by atoms with Gasteiger partial charge in [0.05, 0.1) is 0 Å². The van der Waals surface area contributed by atoms with Gasteiger partial charge >= 0.3 is 0 Å². The number of aromatic amines is 1. The van der Waals surface area contributed by atoms with Gasteiger partial charge < -0.3 is 5.11 Å². The van der Waals surface area contributed by atoms with Crippen LogP contribution in [0.5, 0.6) is 5.75 Å². The summed E-state index contributed by atoms with van der Waals surface area (Å²) in [6, 6.07) is 8.88. The molecule has 2 aromatic heterocycles. The number of nitrogens with zero attached hydrogens (tertiary/aromatic N) is 3. The molecule has 0 amide bonds. The third-order valence-corrected chi connectivity index (χ3v) is 2.35. The summed E-state index contributed by atoms with van der Waals surface area (Å²) in [5, 5.41) is 19.7. The van der Waals surface area contributed by atoms with E-state index in [9.17, 15) is 5.11 Å². The van der Waals surface area contributed by atoms with E-state index < -0.39 is 0 Å². The lowest BCUT2D eigenvalue weighted by Crippen LogP contribution is -1.81. The summed E-state index contributed by atoms with van der Waals surface area (Å²) in [6.45, 7) is 0. The van der Waals surface area contributed by atoms with Gasteiger partial charge in [-0.15, -0.1) is 5.10 Å². The van der Waals surface area contributed by atoms with Crippen molar-refractivity contribution in [3.8, 4) is 16.9 Å². The first-order valence-electron chi connectivity index (χ1n) is 4.79. The topological polar surface area (TPSA) is 74.7 Å². The molecule has 0 bridgehead atoms. The number of hydrogen-bond acceptors (Lipinski definition) is 4. The van der Waals surface area contributed by atoms with Crippen LogP contribution >= 0.6 is 0 Å². The predicted molar refractivity (Wildman–Crippen MR) is 58.8 cm³/mol. The number of pyridine rings is 1. The fourth-order valence-electron chi connectivity index (χ4n) is 1.58. The van der Waals surface area contributed by atoms with E-state index in [4.69, 9.17) is 0 Å². The van der Waals surface area contributed by atoms with Crippen LogP contribution in [0.4, 0.5) is 0 Å². The zero-order chi connectivity index (χ0) is 11.0. The van der Waals surface area contributed by atoms with Gasteiger partial charge in [0.25, 0.3) is 0 Å². The zero-order valence-corrected chi connectivity index (χ0v) is 8.25. The standard InChI is InChI=1S/C11H8N4O/c16-9-3-1-2-7(4-9)8-5-10-11(12-6-8)14-15-13-10/h1-6,16H,(H,12,13,14,15). The summed E-state index contributed by atoms with van der Waals surface area (Å²) in [5.41, 5.74) is 3.10. The molecule has 0 aliphatic heterocycles. The Kier molecular flexibility index (Phi) is 1.83. The maximum Gasteiger partial charge on any atom is 0.201 e. The molecular weight excluding hydrogens is 204 g/mol. The van der Waals surface area contributed by atoms with Gasteiger partial charge in [0, 0.05) is 11.8 Å². The Labute approximate surface area is 90.8 Å². The summed E-state index contributed by atoms with van der Waals surface area (Å²) in [4.78, 5) is 4.16. The van der Waals surface area contributed by atoms with Crippen LogP contribution in [0.25, 0.3) is 22.3 Å². The van der Waals surface area contributed by atoms with Gasteiger partial charge in [-0.05, 0) is 23.8 Å². The first kappa shape index (κ1) is 8.84. The Morgan fingerprint density at radius 3 is 2.88 bits per heavy atom. The Bertz CT molecular complexity index is 647. The quantitative estimate of drug-likeness (QED) is 0.644. The lowest BCUT2D eigenvalue weighted by atomic mass is 10.1. The van der Waals surface area contributed by atoms with E-state index in [1.165, 1.54) is 0 Å². The van der Waals surface area contributed by atoms with Gasteiger partial charge in [-0.25, -0.2) is 4.98 Å². The number of benzene rings is 1. The van der Waals surface area contributed by atoms with Crippen LogP contribution in [0.2, 0.25) is 0 Å². The average molecular weight is 212 g/mol. The molecule has 0 aliphatic rings. The van der Waals surface area contributed by atoms with Crippen molar-refractivity contribution in [2.75, 3.05) is 0 Å². The molecule has 1 aromatic carbocycles. The zero-order valence-electron chi connectivity index (χ0n) is 8.25. The number of phenols is 1. The number of rotatable bonds is 1. The number of fused-ring (bicyclic) bond motifs is 1. The molecule has 3 aromatic rings. The number of aromatic nitrogens is 4. The molecule has 5 heteroatoms. The molecule has 16 heavy (non-hydrogen) atoms. The van der Waals surface area contributed by atoms with E-state index in [2.05, 4.69) is 20.4 Å². The minimum Gasteiger partial charge on any atom is -0.508 e. The first-order valence-corrected chi connectivity index (χ1v) is 4.79. The average Bonchev–Trinajstić information content (AvgIpc) is 2.75. The minimum absolute atomic E-state index is 0.234. The van der Waals surface area contributed by atoms with E-state index in [-0.39, 0.29) is 5.75 Å². The third-order valence-electron chi connectivity index (χ3n) is 2.35. The van der Waals surface area contributed by atoms with Gasteiger partial charge in [0.1, 0.15) is 11.3 Å². The van der Waals surface area contributed by atoms with E-state index in [0.29, 0.717) is 11.2 Å². The van der Waals surface area contributed by atoms with Crippen molar-refractivity contribution >= 4 is 11.2 Å². The number of nitrogens with one attached hydrogen (secondary N) is 1. The van der Waals surface area contributed by atoms with E-state index >= 15 is 0 Å². The summed E-state index contributed by atoms with van der Waals surface area (Å²) in [5.74, 6) is 0.234. The second-order valence-corrected chi connectivity index (χ2v) is 3.44. The van der Waals surface area contributed by atoms with Crippen LogP contribution in [-0.4, -0.2) is 25.5 Å². The Morgan fingerprint density at radius 1 is 1.06 bits per heavy atom. The minimum atomic E-state index is 0.234. The highest BCUT2D eigenvalue weighted by molar-refractivity contribution is 5.77. The fourth-order valence-corrected chi connectivity index (χ4v) is 1.58. The molecule has 0 spiro atoms. The van der Waals surface area contributed by atoms with Crippen LogP contribution in [0, 0.1) is 0 Å². The van der Waals surface area contributed by atoms with Gasteiger partial charge in [0.2, 0.25) is 5.65 Å². The van der Waals surface area contributed by atoms with E-state index in [1.54, 1.807) is 24.4 Å². The molecule has 0 unspecified atom stereocenters. The molecule has 2 N–H and O–H groups in total. The monoisotopic (exact) mass is 212 g/mol. The second kappa shape index (κ2) is 3.30. The van der Waals surface area contributed by atoms with Crippen molar-refractivity contribution < 1.29 is 5.11 Å². The molecule has 0 aliphatic carbocycles. The van der Waals surface area contributed by atoms with Crippen molar-refractivity contribution in [1.82, 2.24) is 20.4 Å². The van der Waals surface area contributed by atoms with E-state index in [0.717, 1.165) is 11.1 Å². The molecule has 3 rings (SSSR count). The fraction of sp³-hybridized carbons (Fsp3) is 0. The number of aromatic hydroxyl groups is 1. The van der Waals surface area contributed by atoms with Gasteiger partial charge in [0.15, 0.2) is 0 Å². The summed E-state index contributed by atoms with van der Waals surface area (Å²) in [6.07, 6.45) is 1.71. The molecular formula is C11H8N4O. The van der Waals surface area contributed by atoms with Crippen LogP contribution < -0.4 is 0 Å². The third kappa shape index (κ3) is 1.38. The van der Waals surface area contributed by atoms with Crippen molar-refractivity contribution in [2.45, 2.75) is 0 Å². The number of hydrogen-bond donors (Lipinski definition) is 2. The highest BCUT2D eigenvalue weighted by Crippen LogP contribution is 2.23. The van der Waals surface area contributed by atoms with E-state index in [1.807, 2.05) is 12.1 Å². The Hall–Kier alpha value is -2.43. The van der Waals surface area contributed by atoms with Gasteiger partial charge in [-0.1, -0.05) is 12.1 Å². The molecule has 0 atom stereocenters. The lowest BCUT2D eigenvalue weighted by Gasteiger charge is -2.00. The van der Waals surface area contributed by atoms with Crippen molar-refractivity contribution in [1.29, 1.82) is 0 Å². The highest BCUT2D eigenvalue weighted by Gasteiger charge is 2.03. The largest absolute Gasteiger partial charge is 0.508 e. The van der Waals surface area contributed by atoms with Crippen molar-refractivity contribution in [2.24, 2.45) is 0 Å². The van der Waals surface area contributed by atoms with Gasteiger partial charge in [-0.2, -0.15) is 10.3 Å². The lowest BCUT2D eigenvalue weighted by molar-refractivity contribution is 0.475. The maximum atomic E-state index is 9.39. The number of H-pyrrole nitrogens is 1. The van der Waals surface area contributed by atoms with Crippen LogP contribution in [0.15, 0.2) is 36.5 Å². The molecule has 0 saturated heterocycles. The van der Waals surface area contributed by atoms with Crippen molar-refractivity contribution in [3.05, 3.63) is 36.5 Å². The Morgan fingerprint density at radius 2 is 2.00 bits per heavy atom. The maximum absolute atomic E-state index is 9.39. The van der Waals surface area contributed by atoms with Crippen LogP contribution in [-0.2, 0) is 0 Å². The first-order chi connectivity index (χ1) is 7.83. The second-order valence-electron chi connectivity index (χ2n) is 3.44. The summed E-state index contributed by atoms with van der Waals surface area (Å²) >= 11 is 0. The van der Waals surface area contributed by atoms with Gasteiger partial charge in [-0.3, -0.25) is 0 Å². The summed E-state index contributed by atoms with van der Waals surface area (Å²) < 4.78 is 0. The molecule has 0 radical (unpaired) electrons. The van der Waals surface area contributed by atoms with Crippen LogP contribution in [0.3, 0.4) is 0 Å². The molecule has 78 valence electrons. The predicted octanol–water partition coefficient (Wildman–Crippen LogP) is 1.73.